The van der Waals surface area contributed by atoms with E-state index in [4.69, 9.17) is 5.11 Å². The molecule has 0 aromatic carbocycles. The molecular weight excluding hydrogens is 278 g/mol. The molecule has 0 atom stereocenters. The van der Waals surface area contributed by atoms with Crippen LogP contribution in [0.5, 0.6) is 0 Å². The maximum atomic E-state index is 10.9. The summed E-state index contributed by atoms with van der Waals surface area (Å²) in [6.07, 6.45) is 2.10. The highest BCUT2D eigenvalue weighted by atomic mass is 32.1. The van der Waals surface area contributed by atoms with Gasteiger partial charge in [0.1, 0.15) is 0 Å². The fourth-order valence-corrected chi connectivity index (χ4v) is 2.99. The van der Waals surface area contributed by atoms with Crippen LogP contribution < -0.4 is 5.32 Å². The molecule has 1 aromatic rings. The Hall–Kier alpha value is -1.47. The number of carbonyl (C=O) groups is 2. The fraction of sp³-hybridized carbons (Fsp3) is 0.615. The molecule has 1 aliphatic heterocycles. The number of carbonyl (C=O) groups excluding carboxylic acids is 1. The number of rotatable bonds is 5. The normalized spacial score (nSPS) is 17.1. The number of aromatic nitrogens is 1. The lowest BCUT2D eigenvalue weighted by molar-refractivity contribution is -0.119. The first-order valence-corrected chi connectivity index (χ1v) is 7.57. The maximum Gasteiger partial charge on any atom is 0.365 e. The van der Waals surface area contributed by atoms with E-state index >= 15 is 0 Å². The Morgan fingerprint density at radius 2 is 2.20 bits per heavy atom. The van der Waals surface area contributed by atoms with Crippen LogP contribution >= 0.6 is 11.3 Å². The standard InChI is InChI=1S/C13H19N3O3S/c1-9(17)14-6-10-2-4-16(5-3-10)7-11-8-20-12(15-11)13(18)19/h8,10H,2-7H2,1H3,(H,14,17)(H,18,19). The van der Waals surface area contributed by atoms with Gasteiger partial charge < -0.3 is 10.4 Å². The number of hydrogen-bond acceptors (Lipinski definition) is 5. The van der Waals surface area contributed by atoms with Crippen LogP contribution in [0.4, 0.5) is 0 Å². The average molecular weight is 297 g/mol. The lowest BCUT2D eigenvalue weighted by atomic mass is 9.97. The largest absolute Gasteiger partial charge is 0.476 e. The molecule has 1 aromatic heterocycles. The second-order valence-electron chi connectivity index (χ2n) is 5.11. The molecule has 2 rings (SSSR count). The Morgan fingerprint density at radius 3 is 2.75 bits per heavy atom. The van der Waals surface area contributed by atoms with Crippen LogP contribution in [-0.2, 0) is 11.3 Å². The summed E-state index contributed by atoms with van der Waals surface area (Å²) < 4.78 is 0. The summed E-state index contributed by atoms with van der Waals surface area (Å²) >= 11 is 1.17. The van der Waals surface area contributed by atoms with Gasteiger partial charge in [0.2, 0.25) is 10.9 Å². The zero-order valence-electron chi connectivity index (χ0n) is 11.5. The minimum atomic E-state index is -0.963. The summed E-state index contributed by atoms with van der Waals surface area (Å²) in [5.41, 5.74) is 0.827. The Labute approximate surface area is 121 Å². The van der Waals surface area contributed by atoms with E-state index in [1.165, 1.54) is 18.3 Å². The predicted molar refractivity (Wildman–Crippen MR) is 75.8 cm³/mol. The van der Waals surface area contributed by atoms with Gasteiger partial charge in [-0.3, -0.25) is 9.69 Å². The molecule has 0 spiro atoms. The Bertz CT molecular complexity index is 481. The molecule has 1 fully saturated rings. The van der Waals surface area contributed by atoms with Crippen LogP contribution in [-0.4, -0.2) is 46.5 Å². The number of piperidine rings is 1. The molecule has 0 unspecified atom stereocenters. The van der Waals surface area contributed by atoms with Gasteiger partial charge in [-0.05, 0) is 31.8 Å². The number of carboxylic acids is 1. The summed E-state index contributed by atoms with van der Waals surface area (Å²) in [7, 11) is 0. The first-order valence-electron chi connectivity index (χ1n) is 6.69. The third-order valence-corrected chi connectivity index (χ3v) is 4.35. The number of aromatic carboxylic acids is 1. The smallest absolute Gasteiger partial charge is 0.365 e. The SMILES string of the molecule is CC(=O)NCC1CCN(Cc2csc(C(=O)O)n2)CC1. The molecule has 0 aliphatic carbocycles. The molecular formula is C13H19N3O3S. The van der Waals surface area contributed by atoms with Crippen molar-refractivity contribution in [1.82, 2.24) is 15.2 Å². The highest BCUT2D eigenvalue weighted by molar-refractivity contribution is 7.11. The summed E-state index contributed by atoms with van der Waals surface area (Å²) in [6, 6.07) is 0. The van der Waals surface area contributed by atoms with Crippen LogP contribution in [0.2, 0.25) is 0 Å². The van der Waals surface area contributed by atoms with Crippen molar-refractivity contribution in [3.05, 3.63) is 16.1 Å². The van der Waals surface area contributed by atoms with E-state index in [9.17, 15) is 9.59 Å². The van der Waals surface area contributed by atoms with Gasteiger partial charge in [0.15, 0.2) is 0 Å². The number of nitrogens with one attached hydrogen (secondary N) is 1. The van der Waals surface area contributed by atoms with Gasteiger partial charge >= 0.3 is 5.97 Å². The minimum absolute atomic E-state index is 0.0242. The van der Waals surface area contributed by atoms with Crippen LogP contribution in [0.25, 0.3) is 0 Å². The second-order valence-corrected chi connectivity index (χ2v) is 5.96. The predicted octanol–water partition coefficient (Wildman–Crippen LogP) is 1.19. The molecule has 2 heterocycles. The van der Waals surface area contributed by atoms with Crippen molar-refractivity contribution in [3.8, 4) is 0 Å². The number of carboxylic acid groups (broad SMARTS) is 1. The van der Waals surface area contributed by atoms with Crippen LogP contribution in [0.1, 0.15) is 35.3 Å². The van der Waals surface area contributed by atoms with Crippen molar-refractivity contribution < 1.29 is 14.7 Å². The third-order valence-electron chi connectivity index (χ3n) is 3.47. The first kappa shape index (κ1) is 14.9. The minimum Gasteiger partial charge on any atom is -0.476 e. The number of hydrogen-bond donors (Lipinski definition) is 2. The molecule has 0 bridgehead atoms. The number of likely N-dealkylation sites (tertiary alicyclic amines) is 1. The van der Waals surface area contributed by atoms with Crippen molar-refractivity contribution in [2.75, 3.05) is 19.6 Å². The van der Waals surface area contributed by atoms with Crippen molar-refractivity contribution >= 4 is 23.2 Å². The number of amides is 1. The van der Waals surface area contributed by atoms with E-state index in [1.54, 1.807) is 0 Å². The topological polar surface area (TPSA) is 82.5 Å². The molecule has 1 saturated heterocycles. The summed E-state index contributed by atoms with van der Waals surface area (Å²) in [5, 5.41) is 13.7. The summed E-state index contributed by atoms with van der Waals surface area (Å²) in [5.74, 6) is -0.397. The van der Waals surface area contributed by atoms with Crippen LogP contribution in [0, 0.1) is 5.92 Å². The number of nitrogens with zero attached hydrogens (tertiary/aromatic N) is 2. The van der Waals surface area contributed by atoms with E-state index in [0.29, 0.717) is 12.5 Å². The molecule has 1 aliphatic rings. The lowest BCUT2D eigenvalue weighted by Gasteiger charge is -2.31. The summed E-state index contributed by atoms with van der Waals surface area (Å²) in [6.45, 7) is 4.92. The van der Waals surface area contributed by atoms with Gasteiger partial charge in [0.25, 0.3) is 0 Å². The van der Waals surface area contributed by atoms with E-state index < -0.39 is 5.97 Å². The fourth-order valence-electron chi connectivity index (χ4n) is 2.34. The van der Waals surface area contributed by atoms with Crippen molar-refractivity contribution in [3.63, 3.8) is 0 Å². The zero-order chi connectivity index (χ0) is 14.5. The maximum absolute atomic E-state index is 10.9. The van der Waals surface area contributed by atoms with Crippen molar-refractivity contribution in [2.45, 2.75) is 26.3 Å². The van der Waals surface area contributed by atoms with Crippen LogP contribution in [0.3, 0.4) is 0 Å². The van der Waals surface area contributed by atoms with Gasteiger partial charge in [0, 0.05) is 25.4 Å². The quantitative estimate of drug-likeness (QED) is 0.853. The number of thiazole rings is 1. The van der Waals surface area contributed by atoms with E-state index in [2.05, 4.69) is 15.2 Å². The first-order chi connectivity index (χ1) is 9.54. The Balaban J connectivity index is 1.76. The second kappa shape index (κ2) is 6.81. The van der Waals surface area contributed by atoms with Crippen molar-refractivity contribution in [1.29, 1.82) is 0 Å². The van der Waals surface area contributed by atoms with Gasteiger partial charge in [0.05, 0.1) is 5.69 Å². The summed E-state index contributed by atoms with van der Waals surface area (Å²) in [4.78, 5) is 28.0. The van der Waals surface area contributed by atoms with Gasteiger partial charge in [-0.15, -0.1) is 11.3 Å². The molecule has 7 heteroatoms. The van der Waals surface area contributed by atoms with E-state index in [1.807, 2.05) is 5.38 Å². The Kier molecular flexibility index (Phi) is 5.08. The lowest BCUT2D eigenvalue weighted by Crippen LogP contribution is -2.37. The molecule has 20 heavy (non-hydrogen) atoms. The highest BCUT2D eigenvalue weighted by Gasteiger charge is 2.20. The third kappa shape index (κ3) is 4.28. The monoisotopic (exact) mass is 297 g/mol. The van der Waals surface area contributed by atoms with Gasteiger partial charge in [-0.2, -0.15) is 0 Å². The molecule has 0 saturated carbocycles. The molecule has 6 nitrogen and oxygen atoms in total. The van der Waals surface area contributed by atoms with Gasteiger partial charge in [-0.1, -0.05) is 0 Å². The molecule has 0 radical (unpaired) electrons. The van der Waals surface area contributed by atoms with E-state index in [0.717, 1.165) is 38.2 Å². The molecule has 1 amide bonds. The molecule has 110 valence electrons. The Morgan fingerprint density at radius 1 is 1.50 bits per heavy atom. The van der Waals surface area contributed by atoms with Gasteiger partial charge in [-0.25, -0.2) is 9.78 Å². The average Bonchev–Trinajstić information content (AvgIpc) is 2.86. The van der Waals surface area contributed by atoms with Crippen molar-refractivity contribution in [2.24, 2.45) is 5.92 Å². The zero-order valence-corrected chi connectivity index (χ0v) is 12.3. The highest BCUT2D eigenvalue weighted by Crippen LogP contribution is 2.19. The molecule has 2 N–H and O–H groups in total. The van der Waals surface area contributed by atoms with Crippen LogP contribution in [0.15, 0.2) is 5.38 Å². The van der Waals surface area contributed by atoms with E-state index in [-0.39, 0.29) is 10.9 Å².